The van der Waals surface area contributed by atoms with Gasteiger partial charge in [0, 0.05) is 17.6 Å². The maximum Gasteiger partial charge on any atom is 0.0424 e. The highest BCUT2D eigenvalue weighted by Gasteiger charge is 2.15. The summed E-state index contributed by atoms with van der Waals surface area (Å²) in [6, 6.07) is 7.95. The average Bonchev–Trinajstić information content (AvgIpc) is 2.71. The van der Waals surface area contributed by atoms with Gasteiger partial charge in [-0.25, -0.2) is 0 Å². The number of halogens is 3. The second kappa shape index (κ2) is 8.17. The number of hydrogen-bond donors (Lipinski definition) is 1. The van der Waals surface area contributed by atoms with Crippen LogP contribution in [0.2, 0.25) is 5.02 Å². The van der Waals surface area contributed by atoms with E-state index in [9.17, 15) is 0 Å². The van der Waals surface area contributed by atoms with Gasteiger partial charge in [-0.15, -0.1) is 24.8 Å². The Hall–Kier alpha value is 0.01000. The summed E-state index contributed by atoms with van der Waals surface area (Å²) in [4.78, 5) is 2.43. The Morgan fingerprint density at radius 2 is 1.65 bits per heavy atom. The van der Waals surface area contributed by atoms with Crippen LogP contribution in [0.25, 0.3) is 0 Å². The first-order valence-corrected chi connectivity index (χ1v) is 5.87. The number of benzene rings is 1. The van der Waals surface area contributed by atoms with Gasteiger partial charge >= 0.3 is 0 Å². The molecule has 1 saturated heterocycles. The molecule has 1 unspecified atom stereocenters. The summed E-state index contributed by atoms with van der Waals surface area (Å²) in [5.74, 6) is 0. The summed E-state index contributed by atoms with van der Waals surface area (Å²) in [7, 11) is 0. The summed E-state index contributed by atoms with van der Waals surface area (Å²) in [5.41, 5.74) is 7.31. The third kappa shape index (κ3) is 5.02. The van der Waals surface area contributed by atoms with Gasteiger partial charge in [-0.1, -0.05) is 23.7 Å². The normalized spacial score (nSPS) is 17.1. The van der Waals surface area contributed by atoms with Gasteiger partial charge in [0.25, 0.3) is 0 Å². The molecule has 5 heteroatoms. The van der Waals surface area contributed by atoms with Crippen molar-refractivity contribution in [1.29, 1.82) is 0 Å². The minimum Gasteiger partial charge on any atom is -0.323 e. The lowest BCUT2D eigenvalue weighted by atomic mass is 10.1. The van der Waals surface area contributed by atoms with Gasteiger partial charge in [0.2, 0.25) is 0 Å². The average molecular weight is 298 g/mol. The predicted octanol–water partition coefficient (Wildman–Crippen LogP) is 3.28. The molecule has 1 heterocycles. The fraction of sp³-hybridized carbons (Fsp3) is 0.500. The number of rotatable bonds is 3. The number of nitrogens with two attached hydrogens (primary N) is 1. The first-order valence-electron chi connectivity index (χ1n) is 5.49. The first-order chi connectivity index (χ1) is 7.25. The molecule has 0 bridgehead atoms. The number of nitrogens with zero attached hydrogens (tertiary/aromatic N) is 1. The van der Waals surface area contributed by atoms with E-state index in [4.69, 9.17) is 17.3 Å². The lowest BCUT2D eigenvalue weighted by Gasteiger charge is -2.20. The smallest absolute Gasteiger partial charge is 0.0424 e. The minimum atomic E-state index is 0. The molecule has 0 spiro atoms. The Balaban J connectivity index is 0.00000128. The van der Waals surface area contributed by atoms with Crippen LogP contribution in [0.15, 0.2) is 24.3 Å². The molecule has 1 aliphatic rings. The molecule has 1 fully saturated rings. The van der Waals surface area contributed by atoms with Crippen LogP contribution in [0.1, 0.15) is 24.4 Å². The quantitative estimate of drug-likeness (QED) is 0.928. The van der Waals surface area contributed by atoms with Crippen LogP contribution in [0.4, 0.5) is 0 Å². The molecule has 1 aliphatic heterocycles. The molecule has 1 aromatic carbocycles. The lowest BCUT2D eigenvalue weighted by Crippen LogP contribution is -2.29. The molecule has 0 radical (unpaired) electrons. The zero-order chi connectivity index (χ0) is 10.7. The van der Waals surface area contributed by atoms with Crippen molar-refractivity contribution in [2.45, 2.75) is 18.9 Å². The Bertz CT molecular complexity index is 310. The molecule has 1 aromatic rings. The van der Waals surface area contributed by atoms with Crippen molar-refractivity contribution in [3.05, 3.63) is 34.9 Å². The zero-order valence-electron chi connectivity index (χ0n) is 9.64. The van der Waals surface area contributed by atoms with Crippen molar-refractivity contribution in [3.63, 3.8) is 0 Å². The van der Waals surface area contributed by atoms with Crippen LogP contribution in [0.3, 0.4) is 0 Å². The Labute approximate surface area is 120 Å². The molecule has 17 heavy (non-hydrogen) atoms. The predicted molar refractivity (Wildman–Crippen MR) is 78.6 cm³/mol. The summed E-state index contributed by atoms with van der Waals surface area (Å²) < 4.78 is 0. The van der Waals surface area contributed by atoms with Crippen LogP contribution in [-0.2, 0) is 0 Å². The summed E-state index contributed by atoms with van der Waals surface area (Å²) in [6.45, 7) is 3.35. The topological polar surface area (TPSA) is 29.3 Å². The summed E-state index contributed by atoms with van der Waals surface area (Å²) in [6.07, 6.45) is 2.63. The molecule has 0 amide bonds. The molecule has 98 valence electrons. The highest BCUT2D eigenvalue weighted by Crippen LogP contribution is 2.17. The highest BCUT2D eigenvalue weighted by atomic mass is 35.5. The van der Waals surface area contributed by atoms with E-state index in [1.165, 1.54) is 31.5 Å². The van der Waals surface area contributed by atoms with Crippen molar-refractivity contribution in [1.82, 2.24) is 4.90 Å². The van der Waals surface area contributed by atoms with Crippen LogP contribution in [0.5, 0.6) is 0 Å². The lowest BCUT2D eigenvalue weighted by molar-refractivity contribution is 0.316. The van der Waals surface area contributed by atoms with Crippen molar-refractivity contribution in [2.75, 3.05) is 19.6 Å². The summed E-state index contributed by atoms with van der Waals surface area (Å²) in [5, 5.41) is 0.770. The van der Waals surface area contributed by atoms with E-state index >= 15 is 0 Å². The van der Waals surface area contributed by atoms with Crippen LogP contribution in [0, 0.1) is 0 Å². The highest BCUT2D eigenvalue weighted by molar-refractivity contribution is 6.30. The molecule has 2 N–H and O–H groups in total. The van der Waals surface area contributed by atoms with E-state index in [1.54, 1.807) is 0 Å². The third-order valence-corrected chi connectivity index (χ3v) is 3.20. The molecular formula is C12H19Cl3N2. The van der Waals surface area contributed by atoms with E-state index in [0.717, 1.165) is 11.6 Å². The SMILES string of the molecule is Cl.Cl.NC(CN1CCCC1)c1ccc(Cl)cc1. The van der Waals surface area contributed by atoms with Crippen LogP contribution < -0.4 is 5.73 Å². The monoisotopic (exact) mass is 296 g/mol. The molecule has 2 nitrogen and oxygen atoms in total. The second-order valence-electron chi connectivity index (χ2n) is 4.17. The van der Waals surface area contributed by atoms with Gasteiger partial charge in [-0.2, -0.15) is 0 Å². The molecular weight excluding hydrogens is 279 g/mol. The van der Waals surface area contributed by atoms with Gasteiger partial charge in [0.15, 0.2) is 0 Å². The maximum atomic E-state index is 6.14. The molecule has 0 aliphatic carbocycles. The molecule has 1 atom stereocenters. The van der Waals surface area contributed by atoms with Crippen molar-refractivity contribution in [3.8, 4) is 0 Å². The molecule has 2 rings (SSSR count). The van der Waals surface area contributed by atoms with E-state index in [1.807, 2.05) is 24.3 Å². The van der Waals surface area contributed by atoms with Crippen LogP contribution in [-0.4, -0.2) is 24.5 Å². The van der Waals surface area contributed by atoms with E-state index in [0.29, 0.717) is 0 Å². The standard InChI is InChI=1S/C12H17ClN2.2ClH/c13-11-5-3-10(4-6-11)12(14)9-15-7-1-2-8-15;;/h3-6,12H,1-2,7-9,14H2;2*1H. The van der Waals surface area contributed by atoms with Gasteiger partial charge in [0.05, 0.1) is 0 Å². The van der Waals surface area contributed by atoms with Crippen LogP contribution >= 0.6 is 36.4 Å². The van der Waals surface area contributed by atoms with Gasteiger partial charge in [-0.3, -0.25) is 0 Å². The maximum absolute atomic E-state index is 6.14. The van der Waals surface area contributed by atoms with Gasteiger partial charge < -0.3 is 10.6 Å². The number of hydrogen-bond acceptors (Lipinski definition) is 2. The first kappa shape index (κ1) is 17.0. The summed E-state index contributed by atoms with van der Waals surface area (Å²) >= 11 is 5.84. The Morgan fingerprint density at radius 3 is 2.18 bits per heavy atom. The minimum absolute atomic E-state index is 0. The van der Waals surface area contributed by atoms with E-state index < -0.39 is 0 Å². The second-order valence-corrected chi connectivity index (χ2v) is 4.60. The van der Waals surface area contributed by atoms with Crippen molar-refractivity contribution in [2.24, 2.45) is 5.73 Å². The fourth-order valence-corrected chi connectivity index (χ4v) is 2.18. The zero-order valence-corrected chi connectivity index (χ0v) is 12.0. The van der Waals surface area contributed by atoms with E-state index in [-0.39, 0.29) is 30.9 Å². The van der Waals surface area contributed by atoms with Gasteiger partial charge in [0.1, 0.15) is 0 Å². The number of likely N-dealkylation sites (tertiary alicyclic amines) is 1. The third-order valence-electron chi connectivity index (χ3n) is 2.95. The van der Waals surface area contributed by atoms with Crippen molar-refractivity contribution >= 4 is 36.4 Å². The Morgan fingerprint density at radius 1 is 1.12 bits per heavy atom. The Kier molecular flexibility index (Phi) is 8.18. The fourth-order valence-electron chi connectivity index (χ4n) is 2.06. The largest absolute Gasteiger partial charge is 0.323 e. The molecule has 0 saturated carbocycles. The molecule has 0 aromatic heterocycles. The van der Waals surface area contributed by atoms with E-state index in [2.05, 4.69) is 4.90 Å². The van der Waals surface area contributed by atoms with Crippen molar-refractivity contribution < 1.29 is 0 Å². The van der Waals surface area contributed by atoms with Gasteiger partial charge in [-0.05, 0) is 43.6 Å².